The summed E-state index contributed by atoms with van der Waals surface area (Å²) in [7, 11) is 0. The Labute approximate surface area is 105 Å². The number of rotatable bonds is 4. The van der Waals surface area contributed by atoms with Gasteiger partial charge in [0.05, 0.1) is 5.56 Å². The lowest BCUT2D eigenvalue weighted by Crippen LogP contribution is -2.19. The Morgan fingerprint density at radius 3 is 2.53 bits per heavy atom. The molecule has 0 N–H and O–H groups in total. The second-order valence-corrected chi connectivity index (χ2v) is 3.86. The minimum atomic E-state index is -4.86. The second kappa shape index (κ2) is 5.60. The van der Waals surface area contributed by atoms with Crippen LogP contribution in [0, 0.1) is 0 Å². The fraction of sp³-hybridized carbons (Fsp3) is 0.300. The molecule has 0 aliphatic heterocycles. The Balaban J connectivity index is 3.08. The van der Waals surface area contributed by atoms with Crippen LogP contribution in [0.2, 0.25) is 5.02 Å². The smallest absolute Gasteiger partial charge is 0.405 e. The van der Waals surface area contributed by atoms with Crippen molar-refractivity contribution in [1.29, 1.82) is 0 Å². The maximum atomic E-state index is 12.1. The largest absolute Gasteiger partial charge is 0.573 e. The molecule has 1 aromatic rings. The lowest BCUT2D eigenvalue weighted by molar-refractivity contribution is -0.274. The van der Waals surface area contributed by atoms with Gasteiger partial charge in [-0.15, -0.1) is 24.8 Å². The zero-order valence-electron chi connectivity index (χ0n) is 8.35. The summed E-state index contributed by atoms with van der Waals surface area (Å²) < 4.78 is 40.0. The van der Waals surface area contributed by atoms with Gasteiger partial charge in [-0.05, 0) is 18.2 Å². The van der Waals surface area contributed by atoms with Crippen molar-refractivity contribution in [2.75, 3.05) is 5.88 Å². The Hall–Kier alpha value is -0.940. The highest BCUT2D eigenvalue weighted by Gasteiger charge is 2.32. The van der Waals surface area contributed by atoms with Crippen molar-refractivity contribution in [2.45, 2.75) is 12.8 Å². The Morgan fingerprint density at radius 2 is 2.00 bits per heavy atom. The summed E-state index contributed by atoms with van der Waals surface area (Å²) in [6.45, 7) is 0. The van der Waals surface area contributed by atoms with Gasteiger partial charge in [0.25, 0.3) is 0 Å². The summed E-state index contributed by atoms with van der Waals surface area (Å²) >= 11 is 11.0. The number of ether oxygens (including phenoxy) is 1. The molecular weight excluding hydrogens is 280 g/mol. The average molecular weight is 287 g/mol. The standard InChI is InChI=1S/C10H7Cl2F3O2/c11-4-3-8(16)7-5-6(12)1-2-9(7)17-10(13,14)15/h1-2,5H,3-4H2. The third-order valence-corrected chi connectivity index (χ3v) is 2.21. The number of Topliss-reactive ketones (excluding diaryl/α,β-unsaturated/α-hetero) is 1. The fourth-order valence-electron chi connectivity index (χ4n) is 1.15. The van der Waals surface area contributed by atoms with Gasteiger partial charge in [-0.3, -0.25) is 4.79 Å². The van der Waals surface area contributed by atoms with Crippen molar-refractivity contribution in [3.63, 3.8) is 0 Å². The molecule has 0 bridgehead atoms. The van der Waals surface area contributed by atoms with Crippen LogP contribution < -0.4 is 4.74 Å². The van der Waals surface area contributed by atoms with Gasteiger partial charge in [-0.2, -0.15) is 0 Å². The quantitative estimate of drug-likeness (QED) is 0.617. The number of carbonyl (C=O) groups excluding carboxylic acids is 1. The van der Waals surface area contributed by atoms with Crippen LogP contribution in [-0.2, 0) is 0 Å². The van der Waals surface area contributed by atoms with Crippen LogP contribution >= 0.6 is 23.2 Å². The lowest BCUT2D eigenvalue weighted by Gasteiger charge is -2.12. The van der Waals surface area contributed by atoms with Gasteiger partial charge >= 0.3 is 6.36 Å². The van der Waals surface area contributed by atoms with E-state index < -0.39 is 17.9 Å². The van der Waals surface area contributed by atoms with Gasteiger partial charge in [-0.25, -0.2) is 0 Å². The van der Waals surface area contributed by atoms with Gasteiger partial charge < -0.3 is 4.74 Å². The first kappa shape index (κ1) is 14.1. The molecule has 1 aromatic carbocycles. The van der Waals surface area contributed by atoms with Crippen LogP contribution in [0.15, 0.2) is 18.2 Å². The molecule has 0 unspecified atom stereocenters. The molecule has 0 aromatic heterocycles. The van der Waals surface area contributed by atoms with Crippen LogP contribution in [0.25, 0.3) is 0 Å². The SMILES string of the molecule is O=C(CCCl)c1cc(Cl)ccc1OC(F)(F)F. The first-order valence-electron chi connectivity index (χ1n) is 4.48. The molecule has 0 aliphatic rings. The van der Waals surface area contributed by atoms with E-state index in [0.717, 1.165) is 12.1 Å². The fourth-order valence-corrected chi connectivity index (χ4v) is 1.50. The van der Waals surface area contributed by atoms with E-state index in [0.29, 0.717) is 0 Å². The van der Waals surface area contributed by atoms with E-state index in [4.69, 9.17) is 23.2 Å². The van der Waals surface area contributed by atoms with Crippen LogP contribution in [-0.4, -0.2) is 18.0 Å². The monoisotopic (exact) mass is 286 g/mol. The van der Waals surface area contributed by atoms with Gasteiger partial charge in [0.15, 0.2) is 5.78 Å². The van der Waals surface area contributed by atoms with Crippen LogP contribution in [0.1, 0.15) is 16.8 Å². The average Bonchev–Trinajstić information content (AvgIpc) is 2.19. The highest BCUT2D eigenvalue weighted by Crippen LogP contribution is 2.29. The van der Waals surface area contributed by atoms with Crippen molar-refractivity contribution in [3.8, 4) is 5.75 Å². The number of ketones is 1. The normalized spacial score (nSPS) is 11.4. The van der Waals surface area contributed by atoms with Crippen molar-refractivity contribution >= 4 is 29.0 Å². The summed E-state index contributed by atoms with van der Waals surface area (Å²) in [6, 6.07) is 3.33. The van der Waals surface area contributed by atoms with E-state index in [1.165, 1.54) is 6.07 Å². The minimum absolute atomic E-state index is 0.0107. The molecule has 0 fully saturated rings. The number of hydrogen-bond donors (Lipinski definition) is 0. The predicted octanol–water partition coefficient (Wildman–Crippen LogP) is 4.05. The summed E-state index contributed by atoms with van der Waals surface area (Å²) in [5.41, 5.74) is -0.226. The third-order valence-electron chi connectivity index (χ3n) is 1.79. The van der Waals surface area contributed by atoms with Crippen molar-refractivity contribution in [1.82, 2.24) is 0 Å². The molecule has 7 heteroatoms. The maximum absolute atomic E-state index is 12.1. The zero-order valence-corrected chi connectivity index (χ0v) is 9.86. The topological polar surface area (TPSA) is 26.3 Å². The summed E-state index contributed by atoms with van der Waals surface area (Å²) in [6.07, 6.45) is -4.94. The molecule has 0 aliphatic carbocycles. The first-order valence-corrected chi connectivity index (χ1v) is 5.39. The van der Waals surface area contributed by atoms with E-state index in [2.05, 4.69) is 4.74 Å². The Kier molecular flexibility index (Phi) is 4.65. The van der Waals surface area contributed by atoms with Crippen molar-refractivity contribution in [3.05, 3.63) is 28.8 Å². The molecule has 2 nitrogen and oxygen atoms in total. The number of hydrogen-bond acceptors (Lipinski definition) is 2. The van der Waals surface area contributed by atoms with Gasteiger partial charge in [0.1, 0.15) is 5.75 Å². The number of benzene rings is 1. The third kappa shape index (κ3) is 4.44. The number of alkyl halides is 4. The molecule has 0 spiro atoms. The summed E-state index contributed by atoms with van der Waals surface area (Å²) in [5.74, 6) is -1.12. The Bertz CT molecular complexity index is 419. The molecule has 0 saturated carbocycles. The second-order valence-electron chi connectivity index (χ2n) is 3.05. The molecule has 1 rings (SSSR count). The maximum Gasteiger partial charge on any atom is 0.573 e. The van der Waals surface area contributed by atoms with Gasteiger partial charge in [0.2, 0.25) is 0 Å². The molecule has 17 heavy (non-hydrogen) atoms. The minimum Gasteiger partial charge on any atom is -0.405 e. The molecule has 0 atom stereocenters. The van der Waals surface area contributed by atoms with Gasteiger partial charge in [-0.1, -0.05) is 11.6 Å². The lowest BCUT2D eigenvalue weighted by atomic mass is 10.1. The van der Waals surface area contributed by atoms with Crippen LogP contribution in [0.5, 0.6) is 5.75 Å². The number of halogens is 5. The van der Waals surface area contributed by atoms with E-state index in [-0.39, 0.29) is 22.9 Å². The molecule has 0 radical (unpaired) electrons. The summed E-state index contributed by atoms with van der Waals surface area (Å²) in [4.78, 5) is 11.5. The zero-order chi connectivity index (χ0) is 13.1. The molecule has 0 heterocycles. The van der Waals surface area contributed by atoms with Gasteiger partial charge in [0, 0.05) is 17.3 Å². The Morgan fingerprint density at radius 1 is 1.35 bits per heavy atom. The summed E-state index contributed by atoms with van der Waals surface area (Å²) in [5, 5.41) is 0.150. The van der Waals surface area contributed by atoms with E-state index >= 15 is 0 Å². The van der Waals surface area contributed by atoms with Crippen molar-refractivity contribution in [2.24, 2.45) is 0 Å². The van der Waals surface area contributed by atoms with Crippen LogP contribution in [0.3, 0.4) is 0 Å². The van der Waals surface area contributed by atoms with E-state index in [1.807, 2.05) is 0 Å². The van der Waals surface area contributed by atoms with Crippen LogP contribution in [0.4, 0.5) is 13.2 Å². The van der Waals surface area contributed by atoms with E-state index in [1.54, 1.807) is 0 Å². The highest BCUT2D eigenvalue weighted by atomic mass is 35.5. The van der Waals surface area contributed by atoms with Crippen molar-refractivity contribution < 1.29 is 22.7 Å². The highest BCUT2D eigenvalue weighted by molar-refractivity contribution is 6.31. The first-order chi connectivity index (χ1) is 7.83. The predicted molar refractivity (Wildman–Crippen MR) is 57.8 cm³/mol. The molecule has 94 valence electrons. The molecule has 0 saturated heterocycles. The molecule has 0 amide bonds. The number of carbonyl (C=O) groups is 1. The van der Waals surface area contributed by atoms with E-state index in [9.17, 15) is 18.0 Å². The molecular formula is C10H7Cl2F3O2.